The maximum Gasteiger partial charge on any atom is 0.308 e. The molecule has 2 nitrogen and oxygen atoms in total. The van der Waals surface area contributed by atoms with Gasteiger partial charge in [0.15, 0.2) is 0 Å². The Morgan fingerprint density at radius 2 is 1.80 bits per heavy atom. The average molecular weight is 149 g/mol. The number of esters is 1. The highest BCUT2D eigenvalue weighted by molar-refractivity contribution is 5.71. The summed E-state index contributed by atoms with van der Waals surface area (Å²) in [6.07, 6.45) is 0. The Bertz CT molecular complexity index is 72.5. The normalized spacial score (nSPS) is 7.70. The van der Waals surface area contributed by atoms with E-state index in [9.17, 15) is 4.79 Å². The van der Waals surface area contributed by atoms with E-state index in [2.05, 4.69) is 4.74 Å². The Morgan fingerprint density at radius 1 is 1.50 bits per heavy atom. The van der Waals surface area contributed by atoms with E-state index in [0.29, 0.717) is 0 Å². The van der Waals surface area contributed by atoms with Crippen molar-refractivity contribution >= 4 is 5.97 Å². The van der Waals surface area contributed by atoms with E-state index in [-0.39, 0.29) is 11.9 Å². The van der Waals surface area contributed by atoms with E-state index in [4.69, 9.17) is 1.37 Å². The topological polar surface area (TPSA) is 26.3 Å². The van der Waals surface area contributed by atoms with Gasteiger partial charge in [0, 0.05) is 1.37 Å². The minimum Gasteiger partial charge on any atom is -0.469 e. The standard InChI is InChI=1S/C5H10O2.C2H6.CH4/c1-4(2)5(6)7-3;1-2;/h4H,1-3H3;1-2H3;1H4/i;;1D. The van der Waals surface area contributed by atoms with E-state index in [0.717, 1.165) is 0 Å². The van der Waals surface area contributed by atoms with Crippen molar-refractivity contribution < 1.29 is 10.9 Å². The van der Waals surface area contributed by atoms with Crippen LogP contribution in [0.15, 0.2) is 0 Å². The van der Waals surface area contributed by atoms with E-state index in [1.165, 1.54) is 14.5 Å². The average Bonchev–Trinajstić information content (AvgIpc) is 2.10. The molecular formula is C8H20O2. The van der Waals surface area contributed by atoms with Gasteiger partial charge in [0.25, 0.3) is 0 Å². The first kappa shape index (κ1) is 12.2. The summed E-state index contributed by atoms with van der Waals surface area (Å²) >= 11 is 0. The maximum atomic E-state index is 10.3. The summed E-state index contributed by atoms with van der Waals surface area (Å²) < 4.78 is 10.1. The molecule has 0 aromatic carbocycles. The SMILES string of the molecule is CC.COC(=O)C(C)C.[2H]C. The predicted molar refractivity (Wildman–Crippen MR) is 44.9 cm³/mol. The Labute approximate surface area is 66.0 Å². The Kier molecular flexibility index (Phi) is 13.7. The lowest BCUT2D eigenvalue weighted by molar-refractivity contribution is -0.144. The van der Waals surface area contributed by atoms with E-state index in [1.54, 1.807) is 13.8 Å². The molecule has 0 aliphatic carbocycles. The number of hydrogen-bond donors (Lipinski definition) is 0. The van der Waals surface area contributed by atoms with Crippen LogP contribution in [-0.2, 0) is 9.53 Å². The van der Waals surface area contributed by atoms with Gasteiger partial charge in [-0.3, -0.25) is 4.79 Å². The van der Waals surface area contributed by atoms with E-state index < -0.39 is 0 Å². The van der Waals surface area contributed by atoms with Crippen molar-refractivity contribution in [2.24, 2.45) is 5.92 Å². The van der Waals surface area contributed by atoms with Gasteiger partial charge in [-0.05, 0) is 0 Å². The quantitative estimate of drug-likeness (QED) is 0.535. The second-order valence-electron chi connectivity index (χ2n) is 1.68. The fourth-order valence-corrected chi connectivity index (χ4v) is 0.236. The molecule has 0 bridgehead atoms. The van der Waals surface area contributed by atoms with Crippen molar-refractivity contribution in [1.29, 1.82) is 0 Å². The Hall–Kier alpha value is -0.530. The highest BCUT2D eigenvalue weighted by Gasteiger charge is 2.03. The van der Waals surface area contributed by atoms with Crippen LogP contribution in [0, 0.1) is 5.92 Å². The van der Waals surface area contributed by atoms with Crippen LogP contribution in [0.4, 0.5) is 0 Å². The van der Waals surface area contributed by atoms with Gasteiger partial charge in [-0.15, -0.1) is 0 Å². The molecule has 0 aromatic heterocycles. The van der Waals surface area contributed by atoms with Gasteiger partial charge in [-0.2, -0.15) is 0 Å². The summed E-state index contributed by atoms with van der Waals surface area (Å²) in [4.78, 5) is 10.3. The van der Waals surface area contributed by atoms with Gasteiger partial charge < -0.3 is 4.74 Å². The molecule has 10 heavy (non-hydrogen) atoms. The van der Waals surface area contributed by atoms with Crippen LogP contribution < -0.4 is 0 Å². The maximum absolute atomic E-state index is 10.3. The molecule has 2 heteroatoms. The number of methoxy groups -OCH3 is 1. The van der Waals surface area contributed by atoms with E-state index >= 15 is 0 Å². The van der Waals surface area contributed by atoms with Crippen LogP contribution in [0.2, 0.25) is 0 Å². The lowest BCUT2D eigenvalue weighted by Crippen LogP contribution is -2.07. The third-order valence-electron chi connectivity index (χ3n) is 0.673. The fraction of sp³-hybridized carbons (Fsp3) is 0.875. The van der Waals surface area contributed by atoms with Gasteiger partial charge in [-0.25, -0.2) is 0 Å². The molecule has 0 heterocycles. The minimum atomic E-state index is -0.153. The zero-order valence-electron chi connectivity index (χ0n) is 8.89. The Morgan fingerprint density at radius 3 is 1.80 bits per heavy atom. The van der Waals surface area contributed by atoms with Gasteiger partial charge in [0.2, 0.25) is 0 Å². The first-order chi connectivity index (χ1) is 5.18. The summed E-state index contributed by atoms with van der Waals surface area (Å²) in [5.74, 6) is -0.148. The molecule has 0 spiro atoms. The second kappa shape index (κ2) is 11.3. The van der Waals surface area contributed by atoms with Crippen molar-refractivity contribution in [3.8, 4) is 0 Å². The zero-order valence-corrected chi connectivity index (χ0v) is 7.89. The smallest absolute Gasteiger partial charge is 0.308 e. The molecular weight excluding hydrogens is 128 g/mol. The number of carbonyl (C=O) groups excluding carboxylic acids is 1. The number of hydrogen-bond acceptors (Lipinski definition) is 2. The monoisotopic (exact) mass is 149 g/mol. The van der Waals surface area contributed by atoms with Crippen molar-refractivity contribution in [2.75, 3.05) is 7.11 Å². The van der Waals surface area contributed by atoms with Gasteiger partial charge >= 0.3 is 5.97 Å². The molecule has 0 aliphatic rings. The fourth-order valence-electron chi connectivity index (χ4n) is 0.236. The highest BCUT2D eigenvalue weighted by Crippen LogP contribution is 1.91. The molecule has 0 radical (unpaired) electrons. The first-order valence-electron chi connectivity index (χ1n) is 4.26. The molecule has 0 atom stereocenters. The van der Waals surface area contributed by atoms with Crippen molar-refractivity contribution in [1.82, 2.24) is 0 Å². The molecule has 64 valence electrons. The lowest BCUT2D eigenvalue weighted by atomic mass is 10.2. The molecule has 0 N–H and O–H groups in total. The lowest BCUT2D eigenvalue weighted by Gasteiger charge is -1.97. The largest absolute Gasteiger partial charge is 0.469 e. The number of ether oxygens (including phenoxy) is 1. The molecule has 0 aromatic rings. The third kappa shape index (κ3) is 10.5. The third-order valence-corrected chi connectivity index (χ3v) is 0.673. The van der Waals surface area contributed by atoms with Crippen LogP contribution in [-0.4, -0.2) is 13.1 Å². The zero-order chi connectivity index (χ0) is 9.86. The van der Waals surface area contributed by atoms with Crippen LogP contribution in [0.5, 0.6) is 0 Å². The van der Waals surface area contributed by atoms with Crippen LogP contribution in [0.1, 0.15) is 36.5 Å². The molecule has 0 amide bonds. The summed E-state index contributed by atoms with van der Waals surface area (Å²) in [5.41, 5.74) is 0. The molecule has 0 saturated heterocycles. The van der Waals surface area contributed by atoms with Crippen LogP contribution >= 0.6 is 0 Å². The van der Waals surface area contributed by atoms with Gasteiger partial charge in [0.05, 0.1) is 13.0 Å². The molecule has 0 unspecified atom stereocenters. The van der Waals surface area contributed by atoms with Gasteiger partial charge in [-0.1, -0.05) is 35.1 Å². The molecule has 0 saturated carbocycles. The summed E-state index contributed by atoms with van der Waals surface area (Å²) in [6.45, 7) is 7.59. The summed E-state index contributed by atoms with van der Waals surface area (Å²) in [5, 5.41) is 0. The summed E-state index contributed by atoms with van der Waals surface area (Å²) in [7, 11) is 2.64. The van der Waals surface area contributed by atoms with Crippen LogP contribution in [0.3, 0.4) is 0 Å². The van der Waals surface area contributed by atoms with Gasteiger partial charge in [0.1, 0.15) is 0 Å². The minimum absolute atomic E-state index is 0.00463. The summed E-state index contributed by atoms with van der Waals surface area (Å²) in [6, 6.07) is 0. The Balaban J connectivity index is -0.000000138. The number of rotatable bonds is 1. The molecule has 0 rings (SSSR count). The van der Waals surface area contributed by atoms with Crippen LogP contribution in [0.25, 0.3) is 0 Å². The highest BCUT2D eigenvalue weighted by atomic mass is 16.5. The second-order valence-corrected chi connectivity index (χ2v) is 1.68. The predicted octanol–water partition coefficient (Wildman–Crippen LogP) is 2.48. The van der Waals surface area contributed by atoms with Crippen molar-refractivity contribution in [2.45, 2.75) is 35.1 Å². The molecule has 0 aliphatic heterocycles. The van der Waals surface area contributed by atoms with Crippen molar-refractivity contribution in [3.05, 3.63) is 0 Å². The molecule has 0 fully saturated rings. The first-order valence-corrected chi connectivity index (χ1v) is 3.26. The van der Waals surface area contributed by atoms with E-state index in [1.807, 2.05) is 13.8 Å². The number of carbonyl (C=O) groups is 1. The van der Waals surface area contributed by atoms with Crippen molar-refractivity contribution in [3.63, 3.8) is 0 Å².